The summed E-state index contributed by atoms with van der Waals surface area (Å²) in [5, 5.41) is 0.651. The summed E-state index contributed by atoms with van der Waals surface area (Å²) in [4.78, 5) is 14.1. The van der Waals surface area contributed by atoms with Crippen LogP contribution in [0.3, 0.4) is 0 Å². The second-order valence-electron chi connectivity index (χ2n) is 4.49. The Hall–Kier alpha value is -1.78. The van der Waals surface area contributed by atoms with Gasteiger partial charge < -0.3 is 4.98 Å². The highest BCUT2D eigenvalue weighted by atomic mass is 19.4. The summed E-state index contributed by atoms with van der Waals surface area (Å²) in [6.45, 7) is 3.74. The fourth-order valence-electron chi connectivity index (χ4n) is 1.93. The number of benzene rings is 1. The van der Waals surface area contributed by atoms with Gasteiger partial charge in [0.1, 0.15) is 0 Å². The van der Waals surface area contributed by atoms with Gasteiger partial charge in [-0.1, -0.05) is 13.8 Å². The quantitative estimate of drug-likeness (QED) is 0.828. The van der Waals surface area contributed by atoms with Gasteiger partial charge in [-0.15, -0.1) is 0 Å². The molecule has 1 aromatic heterocycles. The van der Waals surface area contributed by atoms with E-state index in [0.29, 0.717) is 10.9 Å². The third-order valence-corrected chi connectivity index (χ3v) is 2.88. The van der Waals surface area contributed by atoms with Crippen molar-refractivity contribution >= 4 is 10.8 Å². The van der Waals surface area contributed by atoms with Crippen LogP contribution in [0.1, 0.15) is 30.9 Å². The minimum atomic E-state index is -4.40. The van der Waals surface area contributed by atoms with E-state index in [2.05, 4.69) is 4.98 Å². The summed E-state index contributed by atoms with van der Waals surface area (Å²) in [5.41, 5.74) is -0.402. The summed E-state index contributed by atoms with van der Waals surface area (Å²) in [5.74, 6) is 0.0350. The smallest absolute Gasteiger partial charge is 0.328 e. The maximum Gasteiger partial charge on any atom is 0.416 e. The first kappa shape index (κ1) is 12.7. The highest BCUT2D eigenvalue weighted by Crippen LogP contribution is 2.32. The Morgan fingerprint density at radius 1 is 1.17 bits per heavy atom. The highest BCUT2D eigenvalue weighted by molar-refractivity contribution is 5.85. The minimum Gasteiger partial charge on any atom is -0.328 e. The van der Waals surface area contributed by atoms with Gasteiger partial charge in [0.15, 0.2) is 0 Å². The molecule has 2 aromatic rings. The highest BCUT2D eigenvalue weighted by Gasteiger charge is 2.30. The number of fused-ring (bicyclic) bond motifs is 1. The predicted molar refractivity (Wildman–Crippen MR) is 63.7 cm³/mol. The van der Waals surface area contributed by atoms with Crippen LogP contribution in [-0.4, -0.2) is 4.98 Å². The van der Waals surface area contributed by atoms with E-state index in [1.807, 2.05) is 13.8 Å². The number of rotatable bonds is 1. The lowest BCUT2D eigenvalue weighted by Gasteiger charge is -2.12. The molecule has 18 heavy (non-hydrogen) atoms. The van der Waals surface area contributed by atoms with Gasteiger partial charge in [0, 0.05) is 11.6 Å². The molecular formula is C13H12F3NO. The van der Waals surface area contributed by atoms with Crippen LogP contribution in [0.5, 0.6) is 0 Å². The average molecular weight is 255 g/mol. The lowest BCUT2D eigenvalue weighted by Crippen LogP contribution is -2.10. The Bertz CT molecular complexity index is 641. The zero-order valence-corrected chi connectivity index (χ0v) is 9.93. The maximum atomic E-state index is 12.7. The van der Waals surface area contributed by atoms with Crippen molar-refractivity contribution in [2.45, 2.75) is 25.9 Å². The normalized spacial score (nSPS) is 12.3. The van der Waals surface area contributed by atoms with Gasteiger partial charge in [0.05, 0.1) is 5.56 Å². The third-order valence-electron chi connectivity index (χ3n) is 2.88. The van der Waals surface area contributed by atoms with Crippen molar-refractivity contribution < 1.29 is 13.2 Å². The van der Waals surface area contributed by atoms with Gasteiger partial charge in [-0.25, -0.2) is 0 Å². The first-order chi connectivity index (χ1) is 8.30. The van der Waals surface area contributed by atoms with Gasteiger partial charge in [0.25, 0.3) is 5.56 Å². The fourth-order valence-corrected chi connectivity index (χ4v) is 1.93. The molecule has 2 rings (SSSR count). The van der Waals surface area contributed by atoms with Gasteiger partial charge >= 0.3 is 6.18 Å². The molecule has 0 atom stereocenters. The topological polar surface area (TPSA) is 32.9 Å². The number of hydrogen-bond acceptors (Lipinski definition) is 1. The number of nitrogens with one attached hydrogen (secondary N) is 1. The van der Waals surface area contributed by atoms with E-state index in [1.54, 1.807) is 0 Å². The number of aromatic amines is 1. The number of H-pyrrole nitrogens is 1. The summed E-state index contributed by atoms with van der Waals surface area (Å²) in [7, 11) is 0. The van der Waals surface area contributed by atoms with E-state index >= 15 is 0 Å². The maximum absolute atomic E-state index is 12.7. The fraction of sp³-hybridized carbons (Fsp3) is 0.308. The van der Waals surface area contributed by atoms with Gasteiger partial charge in [-0.05, 0) is 35.1 Å². The van der Waals surface area contributed by atoms with E-state index in [1.165, 1.54) is 12.3 Å². The minimum absolute atomic E-state index is 0.0350. The SMILES string of the molecule is CC(C)c1c[nH]c(=O)c2ccc(C(F)(F)F)cc12. The van der Waals surface area contributed by atoms with Crippen LogP contribution in [0.15, 0.2) is 29.2 Å². The molecule has 0 unspecified atom stereocenters. The third kappa shape index (κ3) is 2.12. The van der Waals surface area contributed by atoms with Crippen molar-refractivity contribution in [3.8, 4) is 0 Å². The Kier molecular flexibility index (Phi) is 2.92. The van der Waals surface area contributed by atoms with Crippen molar-refractivity contribution in [3.63, 3.8) is 0 Å². The second kappa shape index (κ2) is 4.15. The van der Waals surface area contributed by atoms with Crippen LogP contribution in [-0.2, 0) is 6.18 Å². The average Bonchev–Trinajstić information content (AvgIpc) is 2.27. The van der Waals surface area contributed by atoms with Crippen molar-refractivity contribution in [1.82, 2.24) is 4.98 Å². The van der Waals surface area contributed by atoms with E-state index in [9.17, 15) is 18.0 Å². The summed E-state index contributed by atoms with van der Waals surface area (Å²) in [6.07, 6.45) is -2.92. The number of pyridine rings is 1. The lowest BCUT2D eigenvalue weighted by atomic mass is 9.97. The van der Waals surface area contributed by atoms with E-state index in [4.69, 9.17) is 0 Å². The first-order valence-electron chi connectivity index (χ1n) is 5.53. The summed E-state index contributed by atoms with van der Waals surface area (Å²) in [6, 6.07) is 3.20. The van der Waals surface area contributed by atoms with Crippen molar-refractivity contribution in [3.05, 3.63) is 45.9 Å². The Morgan fingerprint density at radius 2 is 1.83 bits per heavy atom. The van der Waals surface area contributed by atoms with E-state index in [0.717, 1.165) is 12.1 Å². The van der Waals surface area contributed by atoms with Gasteiger partial charge in [0.2, 0.25) is 0 Å². The van der Waals surface area contributed by atoms with Gasteiger partial charge in [-0.2, -0.15) is 13.2 Å². The molecule has 1 N–H and O–H groups in total. The second-order valence-corrected chi connectivity index (χ2v) is 4.49. The Morgan fingerprint density at radius 3 is 2.39 bits per heavy atom. The predicted octanol–water partition coefficient (Wildman–Crippen LogP) is 3.67. The van der Waals surface area contributed by atoms with Crippen molar-refractivity contribution in [1.29, 1.82) is 0 Å². The van der Waals surface area contributed by atoms with Crippen LogP contribution < -0.4 is 5.56 Å². The summed E-state index contributed by atoms with van der Waals surface area (Å²) >= 11 is 0. The molecule has 0 radical (unpaired) electrons. The molecule has 0 amide bonds. The lowest BCUT2D eigenvalue weighted by molar-refractivity contribution is -0.137. The zero-order valence-electron chi connectivity index (χ0n) is 9.93. The molecule has 0 bridgehead atoms. The molecule has 0 saturated heterocycles. The van der Waals surface area contributed by atoms with Crippen LogP contribution >= 0.6 is 0 Å². The number of halogens is 3. The van der Waals surface area contributed by atoms with Crippen LogP contribution in [0, 0.1) is 0 Å². The standard InChI is InChI=1S/C13H12F3NO/c1-7(2)11-6-17-12(18)9-4-3-8(5-10(9)11)13(14,15)16/h3-7H,1-2H3,(H,17,18). The molecule has 96 valence electrons. The Labute approximate surface area is 101 Å². The van der Waals surface area contributed by atoms with Crippen LogP contribution in [0.25, 0.3) is 10.8 Å². The van der Waals surface area contributed by atoms with Crippen molar-refractivity contribution in [2.24, 2.45) is 0 Å². The first-order valence-corrected chi connectivity index (χ1v) is 5.53. The van der Waals surface area contributed by atoms with Gasteiger partial charge in [-0.3, -0.25) is 4.79 Å². The number of hydrogen-bond donors (Lipinski definition) is 1. The molecule has 0 aliphatic heterocycles. The largest absolute Gasteiger partial charge is 0.416 e. The molecule has 0 fully saturated rings. The zero-order chi connectivity index (χ0) is 13.5. The molecule has 0 aliphatic rings. The molecule has 0 aliphatic carbocycles. The van der Waals surface area contributed by atoms with E-state index in [-0.39, 0.29) is 16.9 Å². The summed E-state index contributed by atoms with van der Waals surface area (Å²) < 4.78 is 38.0. The molecule has 1 heterocycles. The van der Waals surface area contributed by atoms with Crippen LogP contribution in [0.4, 0.5) is 13.2 Å². The monoisotopic (exact) mass is 255 g/mol. The van der Waals surface area contributed by atoms with E-state index < -0.39 is 11.7 Å². The molecule has 5 heteroatoms. The Balaban J connectivity index is 2.82. The van der Waals surface area contributed by atoms with Crippen molar-refractivity contribution in [2.75, 3.05) is 0 Å². The van der Waals surface area contributed by atoms with Crippen LogP contribution in [0.2, 0.25) is 0 Å². The molecule has 2 nitrogen and oxygen atoms in total. The number of aromatic nitrogens is 1. The molecule has 0 spiro atoms. The number of alkyl halides is 3. The molecule has 0 saturated carbocycles. The molecule has 1 aromatic carbocycles. The molecular weight excluding hydrogens is 243 g/mol.